The Bertz CT molecular complexity index is 978. The Balaban J connectivity index is 2.38. The minimum absolute atomic E-state index is 0.146. The van der Waals surface area contributed by atoms with Crippen molar-refractivity contribution in [2.24, 2.45) is 0 Å². The lowest BCUT2D eigenvalue weighted by molar-refractivity contribution is 0.103. The van der Waals surface area contributed by atoms with Gasteiger partial charge in [-0.1, -0.05) is 47.5 Å². The van der Waals surface area contributed by atoms with E-state index in [2.05, 4.69) is 0 Å². The van der Waals surface area contributed by atoms with Crippen molar-refractivity contribution < 1.29 is 28.5 Å². The van der Waals surface area contributed by atoms with Crippen molar-refractivity contribution in [3.8, 4) is 11.5 Å². The van der Waals surface area contributed by atoms with Gasteiger partial charge in [0, 0.05) is 21.5 Å². The van der Waals surface area contributed by atoms with Gasteiger partial charge in [-0.15, -0.1) is 0 Å². The normalized spacial score (nSPS) is 10.7. The molecule has 0 radical (unpaired) electrons. The van der Waals surface area contributed by atoms with Crippen molar-refractivity contribution in [2.45, 2.75) is 13.8 Å². The minimum Gasteiger partial charge on any atom is -0.434 e. The molecule has 3 aromatic carbocycles. The van der Waals surface area contributed by atoms with Crippen LogP contribution in [0.15, 0.2) is 36.4 Å². The fourth-order valence-corrected chi connectivity index (χ4v) is 3.35. The molecule has 0 bridgehead atoms. The van der Waals surface area contributed by atoms with Crippen LogP contribution in [-0.4, -0.2) is 25.5 Å². The summed E-state index contributed by atoms with van der Waals surface area (Å²) in [5, 5.41) is 2.22. The Morgan fingerprint density at radius 2 is 1.14 bits per heavy atom. The smallest absolute Gasteiger partial charge is 0.434 e. The van der Waals surface area contributed by atoms with Crippen LogP contribution in [0.25, 0.3) is 21.5 Å². The maximum atomic E-state index is 12.0. The quantitative estimate of drug-likeness (QED) is 0.276. The van der Waals surface area contributed by atoms with Crippen LogP contribution in [0.2, 0.25) is 10.0 Å². The van der Waals surface area contributed by atoms with Crippen LogP contribution < -0.4 is 9.47 Å². The number of carbonyl (C=O) groups excluding carboxylic acids is 2. The van der Waals surface area contributed by atoms with Crippen LogP contribution >= 0.6 is 23.2 Å². The predicted molar refractivity (Wildman–Crippen MR) is 107 cm³/mol. The Kier molecular flexibility index (Phi) is 6.11. The average Bonchev–Trinajstić information content (AvgIpc) is 2.65. The lowest BCUT2D eigenvalue weighted by atomic mass is 10.0. The summed E-state index contributed by atoms with van der Waals surface area (Å²) in [5.74, 6) is 0.320. The lowest BCUT2D eigenvalue weighted by Crippen LogP contribution is -2.13. The molecule has 0 fully saturated rings. The fourth-order valence-electron chi connectivity index (χ4n) is 2.83. The molecule has 8 heteroatoms. The summed E-state index contributed by atoms with van der Waals surface area (Å²) in [6.07, 6.45) is -1.77. The summed E-state index contributed by atoms with van der Waals surface area (Å²) < 4.78 is 20.7. The number of rotatable bonds is 4. The lowest BCUT2D eigenvalue weighted by Gasteiger charge is -2.17. The zero-order valence-electron chi connectivity index (χ0n) is 15.1. The maximum Gasteiger partial charge on any atom is 0.513 e. The predicted octanol–water partition coefficient (Wildman–Crippen LogP) is 6.37. The van der Waals surface area contributed by atoms with Crippen molar-refractivity contribution in [1.82, 2.24) is 0 Å². The fraction of sp³-hybridized carbons (Fsp3) is 0.200. The van der Waals surface area contributed by atoms with Gasteiger partial charge in [0.05, 0.1) is 23.3 Å². The molecule has 0 aliphatic heterocycles. The molecule has 0 unspecified atom stereocenters. The Labute approximate surface area is 170 Å². The summed E-state index contributed by atoms with van der Waals surface area (Å²) in [4.78, 5) is 24.0. The molecule has 28 heavy (non-hydrogen) atoms. The van der Waals surface area contributed by atoms with Gasteiger partial charge in [0.25, 0.3) is 0 Å². The van der Waals surface area contributed by atoms with Crippen molar-refractivity contribution in [1.29, 1.82) is 0 Å². The first-order valence-electron chi connectivity index (χ1n) is 8.49. The molecule has 0 atom stereocenters. The third-order valence-electron chi connectivity index (χ3n) is 3.87. The van der Waals surface area contributed by atoms with E-state index in [1.807, 2.05) is 0 Å². The molecule has 6 nitrogen and oxygen atoms in total. The topological polar surface area (TPSA) is 71.1 Å². The van der Waals surface area contributed by atoms with Gasteiger partial charge in [0.15, 0.2) is 11.5 Å². The molecule has 146 valence electrons. The summed E-state index contributed by atoms with van der Waals surface area (Å²) >= 11 is 12.8. The first-order valence-corrected chi connectivity index (χ1v) is 9.25. The van der Waals surface area contributed by atoms with Gasteiger partial charge < -0.3 is 18.9 Å². The van der Waals surface area contributed by atoms with E-state index >= 15 is 0 Å². The largest absolute Gasteiger partial charge is 0.513 e. The van der Waals surface area contributed by atoms with E-state index in [4.69, 9.17) is 42.1 Å². The van der Waals surface area contributed by atoms with Crippen LogP contribution in [0.4, 0.5) is 9.59 Å². The summed E-state index contributed by atoms with van der Waals surface area (Å²) in [5.41, 5.74) is 0. The molecular weight excluding hydrogens is 407 g/mol. The summed E-state index contributed by atoms with van der Waals surface area (Å²) in [6.45, 7) is 3.62. The van der Waals surface area contributed by atoms with Crippen molar-refractivity contribution >= 4 is 57.1 Å². The Morgan fingerprint density at radius 1 is 0.750 bits per heavy atom. The standard InChI is InChI=1S/C20H16Cl2O6/c1-3-25-19(23)27-17-11-7-5-10-14(22)16(11)18(28-20(24)26-4-2)12-8-6-9-13(21)15(12)17/h5-10H,3-4H2,1-2H3. The molecule has 0 saturated heterocycles. The van der Waals surface area contributed by atoms with E-state index in [1.54, 1.807) is 50.2 Å². The zero-order chi connectivity index (χ0) is 20.3. The van der Waals surface area contributed by atoms with E-state index in [0.29, 0.717) is 31.6 Å². The van der Waals surface area contributed by atoms with Gasteiger partial charge in [0.1, 0.15) is 0 Å². The van der Waals surface area contributed by atoms with Gasteiger partial charge in [-0.25, -0.2) is 9.59 Å². The van der Waals surface area contributed by atoms with E-state index < -0.39 is 12.3 Å². The molecule has 0 amide bonds. The van der Waals surface area contributed by atoms with Gasteiger partial charge in [-0.05, 0) is 26.0 Å². The first kappa shape index (κ1) is 20.0. The first-order chi connectivity index (χ1) is 13.5. The van der Waals surface area contributed by atoms with Gasteiger partial charge >= 0.3 is 12.3 Å². The molecule has 3 rings (SSSR count). The van der Waals surface area contributed by atoms with Gasteiger partial charge in [0.2, 0.25) is 0 Å². The van der Waals surface area contributed by atoms with E-state index in [1.165, 1.54) is 0 Å². The maximum absolute atomic E-state index is 12.0. The molecule has 0 spiro atoms. The number of carbonyl (C=O) groups is 2. The van der Waals surface area contributed by atoms with Gasteiger partial charge in [-0.3, -0.25) is 0 Å². The highest BCUT2D eigenvalue weighted by Crippen LogP contribution is 2.47. The number of hydrogen-bond donors (Lipinski definition) is 0. The number of halogens is 2. The second-order valence-electron chi connectivity index (χ2n) is 5.55. The number of fused-ring (bicyclic) bond motifs is 2. The molecule has 0 aromatic heterocycles. The highest BCUT2D eigenvalue weighted by atomic mass is 35.5. The van der Waals surface area contributed by atoms with Crippen molar-refractivity contribution in [2.75, 3.05) is 13.2 Å². The molecule has 3 aromatic rings. The van der Waals surface area contributed by atoms with E-state index in [-0.39, 0.29) is 24.7 Å². The molecule has 0 saturated carbocycles. The molecule has 0 N–H and O–H groups in total. The molecule has 0 heterocycles. The van der Waals surface area contributed by atoms with Crippen LogP contribution in [-0.2, 0) is 9.47 Å². The molecular formula is C20H16Cl2O6. The van der Waals surface area contributed by atoms with E-state index in [0.717, 1.165) is 0 Å². The van der Waals surface area contributed by atoms with E-state index in [9.17, 15) is 9.59 Å². The number of hydrogen-bond acceptors (Lipinski definition) is 6. The summed E-state index contributed by atoms with van der Waals surface area (Å²) in [7, 11) is 0. The third kappa shape index (κ3) is 3.79. The van der Waals surface area contributed by atoms with Crippen LogP contribution in [0.1, 0.15) is 13.8 Å². The highest BCUT2D eigenvalue weighted by Gasteiger charge is 2.24. The van der Waals surface area contributed by atoms with Gasteiger partial charge in [-0.2, -0.15) is 0 Å². The number of ether oxygens (including phenoxy) is 4. The van der Waals surface area contributed by atoms with Crippen LogP contribution in [0, 0.1) is 0 Å². The highest BCUT2D eigenvalue weighted by molar-refractivity contribution is 6.40. The monoisotopic (exact) mass is 422 g/mol. The second-order valence-corrected chi connectivity index (χ2v) is 6.37. The van der Waals surface area contributed by atoms with Crippen molar-refractivity contribution in [3.05, 3.63) is 46.4 Å². The summed E-state index contributed by atoms with van der Waals surface area (Å²) in [6, 6.07) is 9.98. The minimum atomic E-state index is -0.885. The van der Waals surface area contributed by atoms with Crippen LogP contribution in [0.5, 0.6) is 11.5 Å². The SMILES string of the molecule is CCOC(=O)Oc1c2cccc(Cl)c2c(OC(=O)OCC)c2cccc(Cl)c12. The Morgan fingerprint density at radius 3 is 1.50 bits per heavy atom. The average molecular weight is 423 g/mol. The Hall–Kier alpha value is -2.70. The third-order valence-corrected chi connectivity index (χ3v) is 4.50. The van der Waals surface area contributed by atoms with Crippen LogP contribution in [0.3, 0.4) is 0 Å². The van der Waals surface area contributed by atoms with Crippen molar-refractivity contribution in [3.63, 3.8) is 0 Å². The second kappa shape index (κ2) is 8.54. The number of benzene rings is 3. The molecule has 0 aliphatic carbocycles. The zero-order valence-corrected chi connectivity index (χ0v) is 16.6. The molecule has 0 aliphatic rings.